The Morgan fingerprint density at radius 3 is 2.48 bits per heavy atom. The van der Waals surface area contributed by atoms with E-state index in [1.165, 1.54) is 0 Å². The molecule has 1 aliphatic heterocycles. The second-order valence-corrected chi connectivity index (χ2v) is 5.67. The Labute approximate surface area is 136 Å². The van der Waals surface area contributed by atoms with Crippen LogP contribution < -0.4 is 14.8 Å². The van der Waals surface area contributed by atoms with Gasteiger partial charge in [-0.15, -0.1) is 0 Å². The van der Waals surface area contributed by atoms with E-state index in [0.717, 1.165) is 31.7 Å². The second-order valence-electron chi connectivity index (χ2n) is 5.67. The lowest BCUT2D eigenvalue weighted by atomic mass is 9.89. The van der Waals surface area contributed by atoms with E-state index in [1.807, 2.05) is 36.4 Å². The van der Waals surface area contributed by atoms with Gasteiger partial charge in [0.05, 0.1) is 12.7 Å². The SMILES string of the molecule is COc1ccc(Oc2ccccc2)cc1C(=O)C1CCNCC1. The molecule has 0 aromatic heterocycles. The zero-order valence-corrected chi connectivity index (χ0v) is 13.2. The van der Waals surface area contributed by atoms with E-state index >= 15 is 0 Å². The third kappa shape index (κ3) is 3.71. The molecule has 4 heteroatoms. The summed E-state index contributed by atoms with van der Waals surface area (Å²) < 4.78 is 11.2. The maximum absolute atomic E-state index is 12.8. The molecule has 1 heterocycles. The largest absolute Gasteiger partial charge is 0.496 e. The topological polar surface area (TPSA) is 47.6 Å². The highest BCUT2D eigenvalue weighted by Gasteiger charge is 2.25. The summed E-state index contributed by atoms with van der Waals surface area (Å²) in [6.07, 6.45) is 1.73. The molecule has 2 aromatic rings. The Hall–Kier alpha value is -2.33. The van der Waals surface area contributed by atoms with Gasteiger partial charge in [-0.3, -0.25) is 4.79 Å². The van der Waals surface area contributed by atoms with Crippen LogP contribution in [0.3, 0.4) is 0 Å². The first kappa shape index (κ1) is 15.6. The first-order valence-corrected chi connectivity index (χ1v) is 7.94. The van der Waals surface area contributed by atoms with Gasteiger partial charge >= 0.3 is 0 Å². The smallest absolute Gasteiger partial charge is 0.169 e. The number of methoxy groups -OCH3 is 1. The van der Waals surface area contributed by atoms with Crippen molar-refractivity contribution in [2.45, 2.75) is 12.8 Å². The Bertz CT molecular complexity index is 664. The summed E-state index contributed by atoms with van der Waals surface area (Å²) in [5.41, 5.74) is 0.604. The summed E-state index contributed by atoms with van der Waals surface area (Å²) >= 11 is 0. The van der Waals surface area contributed by atoms with Gasteiger partial charge in [0.1, 0.15) is 17.2 Å². The van der Waals surface area contributed by atoms with Gasteiger partial charge in [-0.2, -0.15) is 0 Å². The van der Waals surface area contributed by atoms with Crippen molar-refractivity contribution in [1.29, 1.82) is 0 Å². The molecule has 0 saturated carbocycles. The molecule has 1 aliphatic rings. The zero-order chi connectivity index (χ0) is 16.1. The third-order valence-electron chi connectivity index (χ3n) is 4.13. The molecular formula is C19H21NO3. The van der Waals surface area contributed by atoms with E-state index in [0.29, 0.717) is 17.1 Å². The highest BCUT2D eigenvalue weighted by atomic mass is 16.5. The third-order valence-corrected chi connectivity index (χ3v) is 4.13. The van der Waals surface area contributed by atoms with E-state index < -0.39 is 0 Å². The van der Waals surface area contributed by atoms with Crippen LogP contribution >= 0.6 is 0 Å². The number of nitrogens with one attached hydrogen (secondary N) is 1. The molecule has 1 fully saturated rings. The Morgan fingerprint density at radius 2 is 1.78 bits per heavy atom. The molecule has 3 rings (SSSR count). The van der Waals surface area contributed by atoms with Crippen LogP contribution in [0.25, 0.3) is 0 Å². The van der Waals surface area contributed by atoms with Crippen LogP contribution in [0, 0.1) is 5.92 Å². The van der Waals surface area contributed by atoms with Gasteiger partial charge in [-0.25, -0.2) is 0 Å². The van der Waals surface area contributed by atoms with Gasteiger partial charge in [-0.1, -0.05) is 18.2 Å². The highest BCUT2D eigenvalue weighted by Crippen LogP contribution is 2.31. The van der Waals surface area contributed by atoms with Crippen LogP contribution in [0.15, 0.2) is 48.5 Å². The van der Waals surface area contributed by atoms with Crippen molar-refractivity contribution in [3.63, 3.8) is 0 Å². The highest BCUT2D eigenvalue weighted by molar-refractivity contribution is 6.00. The van der Waals surface area contributed by atoms with Gasteiger partial charge in [-0.05, 0) is 56.3 Å². The predicted molar refractivity (Wildman–Crippen MR) is 89.4 cm³/mol. The Morgan fingerprint density at radius 1 is 1.04 bits per heavy atom. The summed E-state index contributed by atoms with van der Waals surface area (Å²) in [4.78, 5) is 12.8. The maximum atomic E-state index is 12.8. The van der Waals surface area contributed by atoms with Crippen molar-refractivity contribution in [2.75, 3.05) is 20.2 Å². The van der Waals surface area contributed by atoms with Crippen LogP contribution in [-0.4, -0.2) is 26.0 Å². The zero-order valence-electron chi connectivity index (χ0n) is 13.2. The number of Topliss-reactive ketones (excluding diaryl/α,β-unsaturated/α-hetero) is 1. The minimum absolute atomic E-state index is 0.0529. The number of hydrogen-bond donors (Lipinski definition) is 1. The summed E-state index contributed by atoms with van der Waals surface area (Å²) in [5, 5.41) is 3.29. The number of para-hydroxylation sites is 1. The number of carbonyl (C=O) groups is 1. The monoisotopic (exact) mass is 311 g/mol. The number of rotatable bonds is 5. The second kappa shape index (κ2) is 7.29. The van der Waals surface area contributed by atoms with Gasteiger partial charge in [0.25, 0.3) is 0 Å². The summed E-state index contributed by atoms with van der Waals surface area (Å²) in [5.74, 6) is 2.19. The molecule has 0 spiro atoms. The molecular weight excluding hydrogens is 290 g/mol. The average molecular weight is 311 g/mol. The molecule has 1 saturated heterocycles. The summed E-state index contributed by atoms with van der Waals surface area (Å²) in [6.45, 7) is 1.78. The molecule has 0 aliphatic carbocycles. The fourth-order valence-electron chi connectivity index (χ4n) is 2.87. The van der Waals surface area contributed by atoms with Crippen molar-refractivity contribution in [1.82, 2.24) is 5.32 Å². The minimum atomic E-state index is 0.0529. The van der Waals surface area contributed by atoms with Crippen LogP contribution in [-0.2, 0) is 0 Å². The molecule has 23 heavy (non-hydrogen) atoms. The lowest BCUT2D eigenvalue weighted by Crippen LogP contribution is -2.32. The predicted octanol–water partition coefficient (Wildman–Crippen LogP) is 3.67. The number of ketones is 1. The average Bonchev–Trinajstić information content (AvgIpc) is 2.62. The normalized spacial score (nSPS) is 15.2. The van der Waals surface area contributed by atoms with Crippen LogP contribution in [0.2, 0.25) is 0 Å². The van der Waals surface area contributed by atoms with E-state index in [2.05, 4.69) is 5.32 Å². The molecule has 0 radical (unpaired) electrons. The molecule has 0 unspecified atom stereocenters. The first-order valence-electron chi connectivity index (χ1n) is 7.94. The maximum Gasteiger partial charge on any atom is 0.169 e. The number of benzene rings is 2. The van der Waals surface area contributed by atoms with E-state index in [-0.39, 0.29) is 11.7 Å². The molecule has 2 aromatic carbocycles. The number of hydrogen-bond acceptors (Lipinski definition) is 4. The number of ether oxygens (including phenoxy) is 2. The van der Waals surface area contributed by atoms with Crippen molar-refractivity contribution < 1.29 is 14.3 Å². The molecule has 1 N–H and O–H groups in total. The van der Waals surface area contributed by atoms with Crippen LogP contribution in [0.4, 0.5) is 0 Å². The van der Waals surface area contributed by atoms with E-state index in [9.17, 15) is 4.79 Å². The van der Waals surface area contributed by atoms with E-state index in [4.69, 9.17) is 9.47 Å². The van der Waals surface area contributed by atoms with Crippen molar-refractivity contribution >= 4 is 5.78 Å². The molecule has 120 valence electrons. The van der Waals surface area contributed by atoms with Crippen LogP contribution in [0.5, 0.6) is 17.2 Å². The van der Waals surface area contributed by atoms with Crippen molar-refractivity contribution in [3.05, 3.63) is 54.1 Å². The number of piperidine rings is 1. The fraction of sp³-hybridized carbons (Fsp3) is 0.316. The number of carbonyl (C=O) groups excluding carboxylic acids is 1. The Balaban J connectivity index is 1.85. The van der Waals surface area contributed by atoms with Gasteiger partial charge in [0.15, 0.2) is 5.78 Å². The van der Waals surface area contributed by atoms with E-state index in [1.54, 1.807) is 19.2 Å². The van der Waals surface area contributed by atoms with Gasteiger partial charge in [0.2, 0.25) is 0 Å². The first-order chi connectivity index (χ1) is 11.3. The molecule has 0 bridgehead atoms. The van der Waals surface area contributed by atoms with Crippen LogP contribution in [0.1, 0.15) is 23.2 Å². The standard InChI is InChI=1S/C19H21NO3/c1-22-18-8-7-16(23-15-5-3-2-4-6-15)13-17(18)19(21)14-9-11-20-12-10-14/h2-8,13-14,20H,9-12H2,1H3. The van der Waals surface area contributed by atoms with Crippen molar-refractivity contribution in [2.24, 2.45) is 5.92 Å². The summed E-state index contributed by atoms with van der Waals surface area (Å²) in [6, 6.07) is 15.0. The molecule has 0 atom stereocenters. The van der Waals surface area contributed by atoms with Gasteiger partial charge < -0.3 is 14.8 Å². The quantitative estimate of drug-likeness (QED) is 0.856. The fourth-order valence-corrected chi connectivity index (χ4v) is 2.87. The molecule has 4 nitrogen and oxygen atoms in total. The van der Waals surface area contributed by atoms with Gasteiger partial charge in [0, 0.05) is 5.92 Å². The van der Waals surface area contributed by atoms with Crippen molar-refractivity contribution in [3.8, 4) is 17.2 Å². The lowest BCUT2D eigenvalue weighted by Gasteiger charge is -2.22. The lowest BCUT2D eigenvalue weighted by molar-refractivity contribution is 0.0891. The minimum Gasteiger partial charge on any atom is -0.496 e. The molecule has 0 amide bonds. The summed E-state index contributed by atoms with van der Waals surface area (Å²) in [7, 11) is 1.59. The Kier molecular flexibility index (Phi) is 4.93.